The number of hydrogen-bond acceptors (Lipinski definition) is 6. The van der Waals surface area contributed by atoms with Crippen molar-refractivity contribution in [3.63, 3.8) is 0 Å². The van der Waals surface area contributed by atoms with E-state index in [0.717, 1.165) is 29.0 Å². The van der Waals surface area contributed by atoms with Gasteiger partial charge < -0.3 is 4.74 Å². The van der Waals surface area contributed by atoms with E-state index in [9.17, 15) is 9.59 Å². The van der Waals surface area contributed by atoms with Gasteiger partial charge in [-0.3, -0.25) is 10.1 Å². The molecule has 0 spiro atoms. The van der Waals surface area contributed by atoms with Crippen LogP contribution in [-0.2, 0) is 14.3 Å². The van der Waals surface area contributed by atoms with Crippen LogP contribution in [0.15, 0.2) is 39.4 Å². The van der Waals surface area contributed by atoms with E-state index in [1.165, 1.54) is 13.3 Å². The molecule has 1 fully saturated rings. The van der Waals surface area contributed by atoms with Crippen LogP contribution in [-0.4, -0.2) is 30.4 Å². The Labute approximate surface area is 136 Å². The number of ether oxygens (including phenoxy) is 1. The number of aryl methyl sites for hydroxylation is 1. The second kappa shape index (κ2) is 7.24. The normalized spacial score (nSPS) is 18.2. The zero-order chi connectivity index (χ0) is 16.1. The Morgan fingerprint density at radius 1 is 1.45 bits per heavy atom. The zero-order valence-corrected chi connectivity index (χ0v) is 13.4. The molecule has 114 valence electrons. The zero-order valence-electron chi connectivity index (χ0n) is 11.8. The van der Waals surface area contributed by atoms with Crippen molar-refractivity contribution in [1.82, 2.24) is 5.32 Å². The maximum atomic E-state index is 11.6. The van der Waals surface area contributed by atoms with Crippen molar-refractivity contribution in [3.05, 3.63) is 45.3 Å². The van der Waals surface area contributed by atoms with Crippen LogP contribution in [0.5, 0.6) is 0 Å². The predicted octanol–water partition coefficient (Wildman–Crippen LogP) is 2.26. The van der Waals surface area contributed by atoms with Crippen LogP contribution in [0.3, 0.4) is 0 Å². The summed E-state index contributed by atoms with van der Waals surface area (Å²) < 4.78 is 4.46. The number of nitrogens with one attached hydrogen (secondary N) is 1. The summed E-state index contributed by atoms with van der Waals surface area (Å²) in [5.74, 6) is -1.02. The predicted molar refractivity (Wildman–Crippen MR) is 87.1 cm³/mol. The van der Waals surface area contributed by atoms with Gasteiger partial charge in [0.2, 0.25) is 0 Å². The van der Waals surface area contributed by atoms with Crippen LogP contribution >= 0.6 is 23.4 Å². The molecule has 1 aromatic carbocycles. The molecule has 1 aliphatic rings. The van der Waals surface area contributed by atoms with Crippen LogP contribution in [0.4, 0.5) is 0 Å². The van der Waals surface area contributed by atoms with Crippen LogP contribution in [0.1, 0.15) is 11.1 Å². The van der Waals surface area contributed by atoms with Gasteiger partial charge in [0.1, 0.15) is 0 Å². The van der Waals surface area contributed by atoms with E-state index in [1.807, 2.05) is 25.1 Å². The van der Waals surface area contributed by atoms with Gasteiger partial charge in [-0.25, -0.2) is 4.79 Å². The largest absolute Gasteiger partial charge is 0.466 e. The van der Waals surface area contributed by atoms with E-state index in [1.54, 1.807) is 0 Å². The fourth-order valence-corrected chi connectivity index (χ4v) is 2.54. The highest BCUT2D eigenvalue weighted by Crippen LogP contribution is 2.23. The van der Waals surface area contributed by atoms with E-state index < -0.39 is 11.9 Å². The smallest absolute Gasteiger partial charge is 0.331 e. The Hall–Kier alpha value is -2.12. The van der Waals surface area contributed by atoms with Gasteiger partial charge >= 0.3 is 5.97 Å². The summed E-state index contributed by atoms with van der Waals surface area (Å²) in [5, 5.41) is 11.1. The fraction of sp³-hybridized carbons (Fsp3) is 0.143. The van der Waals surface area contributed by atoms with Gasteiger partial charge in [0, 0.05) is 16.7 Å². The summed E-state index contributed by atoms with van der Waals surface area (Å²) in [6.45, 7) is 1.94. The summed E-state index contributed by atoms with van der Waals surface area (Å²) in [6, 6.07) is 5.55. The summed E-state index contributed by atoms with van der Waals surface area (Å²) in [5.41, 5.74) is 1.76. The molecule has 1 saturated heterocycles. The molecule has 6 nitrogen and oxygen atoms in total. The standard InChI is InChI=1S/C14H12ClN3O3S/c1-8-3-4-9(10(15)5-8)7-16-18-14-17-13(20)11(22-14)6-12(19)21-2/h3-7H,1-2H3,(H,17,18,20)/b11-6+,16-7?. The molecular weight excluding hydrogens is 326 g/mol. The molecule has 8 heteroatoms. The Bertz CT molecular complexity index is 713. The Balaban J connectivity index is 2.08. The molecule has 1 aromatic rings. The van der Waals surface area contributed by atoms with Crippen molar-refractivity contribution in [2.24, 2.45) is 10.2 Å². The molecule has 2 rings (SSSR count). The number of benzene rings is 1. The highest BCUT2D eigenvalue weighted by Gasteiger charge is 2.24. The van der Waals surface area contributed by atoms with Gasteiger partial charge in [-0.15, -0.1) is 5.10 Å². The van der Waals surface area contributed by atoms with Crippen molar-refractivity contribution in [3.8, 4) is 0 Å². The van der Waals surface area contributed by atoms with Crippen molar-refractivity contribution in [1.29, 1.82) is 0 Å². The maximum Gasteiger partial charge on any atom is 0.331 e. The molecule has 0 radical (unpaired) electrons. The second-order valence-electron chi connectivity index (χ2n) is 4.26. The Morgan fingerprint density at radius 3 is 2.91 bits per heavy atom. The molecule has 1 heterocycles. The number of thioether (sulfide) groups is 1. The Morgan fingerprint density at radius 2 is 2.23 bits per heavy atom. The molecular formula is C14H12ClN3O3S. The van der Waals surface area contributed by atoms with Gasteiger partial charge in [-0.05, 0) is 30.3 Å². The molecule has 1 aliphatic heterocycles. The SMILES string of the molecule is COC(=O)/C=C1/S/C(=N\N=Cc2ccc(C)cc2Cl)NC1=O. The minimum atomic E-state index is -0.603. The molecule has 0 unspecified atom stereocenters. The number of halogens is 1. The number of amides is 1. The Kier molecular flexibility index (Phi) is 5.35. The third-order valence-electron chi connectivity index (χ3n) is 2.60. The van der Waals surface area contributed by atoms with Crippen LogP contribution in [0.2, 0.25) is 5.02 Å². The highest BCUT2D eigenvalue weighted by atomic mass is 35.5. The van der Waals surface area contributed by atoms with Crippen molar-refractivity contribution in [2.45, 2.75) is 6.92 Å². The van der Waals surface area contributed by atoms with Gasteiger partial charge in [0.05, 0.1) is 18.2 Å². The van der Waals surface area contributed by atoms with Crippen molar-refractivity contribution < 1.29 is 14.3 Å². The molecule has 0 bridgehead atoms. The number of carbonyl (C=O) groups excluding carboxylic acids is 2. The summed E-state index contributed by atoms with van der Waals surface area (Å²) in [4.78, 5) is 22.9. The third-order valence-corrected chi connectivity index (χ3v) is 3.83. The first-order valence-corrected chi connectivity index (χ1v) is 7.35. The first-order valence-electron chi connectivity index (χ1n) is 6.15. The lowest BCUT2D eigenvalue weighted by Crippen LogP contribution is -2.19. The minimum absolute atomic E-state index is 0.203. The average molecular weight is 338 g/mol. The number of carbonyl (C=O) groups is 2. The average Bonchev–Trinajstić information content (AvgIpc) is 2.81. The van der Waals surface area contributed by atoms with Gasteiger partial charge in [-0.1, -0.05) is 23.7 Å². The minimum Gasteiger partial charge on any atom is -0.466 e. The van der Waals surface area contributed by atoms with Crippen molar-refractivity contribution >= 4 is 46.6 Å². The molecule has 0 atom stereocenters. The second-order valence-corrected chi connectivity index (χ2v) is 5.70. The number of amidine groups is 1. The number of methoxy groups -OCH3 is 1. The maximum absolute atomic E-state index is 11.6. The van der Waals surface area contributed by atoms with Crippen LogP contribution in [0.25, 0.3) is 0 Å². The summed E-state index contributed by atoms with van der Waals surface area (Å²) in [7, 11) is 1.24. The third kappa shape index (κ3) is 4.19. The lowest BCUT2D eigenvalue weighted by molar-refractivity contribution is -0.135. The molecule has 22 heavy (non-hydrogen) atoms. The first-order chi connectivity index (χ1) is 10.5. The number of hydrogen-bond donors (Lipinski definition) is 1. The van der Waals surface area contributed by atoms with E-state index in [0.29, 0.717) is 5.02 Å². The molecule has 0 saturated carbocycles. The topological polar surface area (TPSA) is 80.1 Å². The first kappa shape index (κ1) is 16.3. The molecule has 1 amide bonds. The number of rotatable bonds is 3. The van der Waals surface area contributed by atoms with E-state index in [2.05, 4.69) is 20.3 Å². The van der Waals surface area contributed by atoms with Crippen molar-refractivity contribution in [2.75, 3.05) is 7.11 Å². The quantitative estimate of drug-likeness (QED) is 0.397. The van der Waals surface area contributed by atoms with E-state index in [-0.39, 0.29) is 10.1 Å². The lowest BCUT2D eigenvalue weighted by Gasteiger charge is -1.97. The van der Waals surface area contributed by atoms with Crippen LogP contribution < -0.4 is 5.32 Å². The fourth-order valence-electron chi connectivity index (χ4n) is 1.52. The van der Waals surface area contributed by atoms with Gasteiger partial charge in [0.25, 0.3) is 5.91 Å². The summed E-state index contributed by atoms with van der Waals surface area (Å²) in [6.07, 6.45) is 2.59. The van der Waals surface area contributed by atoms with Crippen LogP contribution in [0, 0.1) is 6.92 Å². The highest BCUT2D eigenvalue weighted by molar-refractivity contribution is 8.18. The monoisotopic (exact) mass is 337 g/mol. The van der Waals surface area contributed by atoms with Gasteiger partial charge in [0.15, 0.2) is 5.17 Å². The molecule has 0 aliphatic carbocycles. The molecule has 0 aromatic heterocycles. The van der Waals surface area contributed by atoms with Gasteiger partial charge in [-0.2, -0.15) is 5.10 Å². The molecule has 1 N–H and O–H groups in total. The van der Waals surface area contributed by atoms with E-state index >= 15 is 0 Å². The number of esters is 1. The summed E-state index contributed by atoms with van der Waals surface area (Å²) >= 11 is 7.08. The number of nitrogens with zero attached hydrogens (tertiary/aromatic N) is 2. The lowest BCUT2D eigenvalue weighted by atomic mass is 10.2. The van der Waals surface area contributed by atoms with E-state index in [4.69, 9.17) is 11.6 Å².